The monoisotopic (exact) mass is 270 g/mol. The van der Waals surface area contributed by atoms with Crippen LogP contribution in [0.2, 0.25) is 0 Å². The summed E-state index contributed by atoms with van der Waals surface area (Å²) in [6.07, 6.45) is 2.82. The van der Waals surface area contributed by atoms with E-state index in [0.29, 0.717) is 12.1 Å². The fraction of sp³-hybridized carbons (Fsp3) is 1.00. The van der Waals surface area contributed by atoms with Crippen LogP contribution < -0.4 is 0 Å². The highest BCUT2D eigenvalue weighted by atomic mass is 16.5. The summed E-state index contributed by atoms with van der Waals surface area (Å²) in [4.78, 5) is 5.08. The summed E-state index contributed by atoms with van der Waals surface area (Å²) in [7, 11) is 1.83. The minimum atomic E-state index is 0.151. The number of methoxy groups -OCH3 is 1. The molecular formula is C15H30N2O2. The first-order valence-corrected chi connectivity index (χ1v) is 7.90. The van der Waals surface area contributed by atoms with Gasteiger partial charge in [-0.1, -0.05) is 20.8 Å². The molecule has 3 aliphatic heterocycles. The van der Waals surface area contributed by atoms with Gasteiger partial charge in [-0.15, -0.1) is 0 Å². The average Bonchev–Trinajstić information content (AvgIpc) is 3.04. The Hall–Kier alpha value is -0.160. The Bertz CT molecular complexity index is 279. The van der Waals surface area contributed by atoms with Gasteiger partial charge in [-0.2, -0.15) is 0 Å². The summed E-state index contributed by atoms with van der Waals surface area (Å²) >= 11 is 0. The average molecular weight is 270 g/mol. The maximum Gasteiger partial charge on any atom is 0.109 e. The lowest BCUT2D eigenvalue weighted by atomic mass is 9.85. The fourth-order valence-electron chi connectivity index (χ4n) is 3.71. The molecule has 0 N–H and O–H groups in total. The zero-order valence-electron chi connectivity index (χ0n) is 13.0. The van der Waals surface area contributed by atoms with Crippen LogP contribution in [0.3, 0.4) is 0 Å². The highest BCUT2D eigenvalue weighted by Gasteiger charge is 2.55. The van der Waals surface area contributed by atoms with Crippen LogP contribution in [0, 0.1) is 0 Å². The minimum absolute atomic E-state index is 0.151. The second-order valence-electron chi connectivity index (χ2n) is 5.66. The molecule has 0 radical (unpaired) electrons. The number of ether oxygens (including phenoxy) is 2. The van der Waals surface area contributed by atoms with Crippen LogP contribution in [-0.4, -0.2) is 74.0 Å². The molecule has 0 amide bonds. The Morgan fingerprint density at radius 2 is 2.00 bits per heavy atom. The molecule has 1 spiro atoms. The summed E-state index contributed by atoms with van der Waals surface area (Å²) in [6.45, 7) is 12.9. The number of nitrogens with zero attached hydrogens (tertiary/aromatic N) is 2. The molecule has 0 aromatic heterocycles. The summed E-state index contributed by atoms with van der Waals surface area (Å²) in [6, 6.07) is 0.630. The topological polar surface area (TPSA) is 24.9 Å². The SMILES string of the molecule is CC.CCN1CC2(C1)OCCC2N1CCC(OC)C1. The van der Waals surface area contributed by atoms with Crippen LogP contribution in [-0.2, 0) is 9.47 Å². The van der Waals surface area contributed by atoms with Gasteiger partial charge in [0.2, 0.25) is 0 Å². The Kier molecular flexibility index (Phi) is 5.23. The van der Waals surface area contributed by atoms with Crippen molar-refractivity contribution in [1.29, 1.82) is 0 Å². The lowest BCUT2D eigenvalue weighted by Gasteiger charge is -2.52. The zero-order valence-corrected chi connectivity index (χ0v) is 13.0. The van der Waals surface area contributed by atoms with Crippen LogP contribution in [0.25, 0.3) is 0 Å². The first-order valence-electron chi connectivity index (χ1n) is 7.90. The van der Waals surface area contributed by atoms with E-state index in [2.05, 4.69) is 16.7 Å². The van der Waals surface area contributed by atoms with E-state index in [-0.39, 0.29) is 5.60 Å². The standard InChI is InChI=1S/C13H24N2O2.C2H6/c1-3-14-9-13(10-14)12(5-7-17-13)15-6-4-11(8-15)16-2;1-2/h11-12H,3-10H2,1-2H3;1-2H3. The molecule has 3 heterocycles. The predicted molar refractivity (Wildman–Crippen MR) is 77.5 cm³/mol. The molecule has 0 bridgehead atoms. The van der Waals surface area contributed by atoms with E-state index in [9.17, 15) is 0 Å². The van der Waals surface area contributed by atoms with Crippen molar-refractivity contribution in [2.75, 3.05) is 46.4 Å². The summed E-state index contributed by atoms with van der Waals surface area (Å²) in [5, 5.41) is 0. The van der Waals surface area contributed by atoms with E-state index in [1.165, 1.54) is 19.4 Å². The molecule has 3 saturated heterocycles. The van der Waals surface area contributed by atoms with Gasteiger partial charge in [-0.25, -0.2) is 0 Å². The molecule has 0 aromatic rings. The van der Waals surface area contributed by atoms with Gasteiger partial charge in [0, 0.05) is 45.9 Å². The minimum Gasteiger partial charge on any atom is -0.380 e. The zero-order chi connectivity index (χ0) is 13.9. The third-order valence-corrected chi connectivity index (χ3v) is 4.77. The van der Waals surface area contributed by atoms with Crippen LogP contribution in [0.4, 0.5) is 0 Å². The quantitative estimate of drug-likeness (QED) is 0.778. The summed E-state index contributed by atoms with van der Waals surface area (Å²) in [5.74, 6) is 0. The lowest BCUT2D eigenvalue weighted by Crippen LogP contribution is -2.69. The first kappa shape index (κ1) is 15.2. The van der Waals surface area contributed by atoms with Crippen molar-refractivity contribution in [3.05, 3.63) is 0 Å². The maximum absolute atomic E-state index is 6.08. The van der Waals surface area contributed by atoms with Gasteiger partial charge in [0.25, 0.3) is 0 Å². The molecule has 112 valence electrons. The number of likely N-dealkylation sites (N-methyl/N-ethyl adjacent to an activating group) is 1. The van der Waals surface area contributed by atoms with Gasteiger partial charge in [0.1, 0.15) is 5.60 Å². The molecule has 0 aromatic carbocycles. The van der Waals surface area contributed by atoms with E-state index in [1.54, 1.807) is 0 Å². The highest BCUT2D eigenvalue weighted by Crippen LogP contribution is 2.39. The van der Waals surface area contributed by atoms with E-state index in [0.717, 1.165) is 32.8 Å². The molecule has 3 aliphatic rings. The normalized spacial score (nSPS) is 34.1. The smallest absolute Gasteiger partial charge is 0.109 e. The third-order valence-electron chi connectivity index (χ3n) is 4.77. The summed E-state index contributed by atoms with van der Waals surface area (Å²) < 4.78 is 11.5. The molecule has 19 heavy (non-hydrogen) atoms. The van der Waals surface area contributed by atoms with Crippen molar-refractivity contribution in [1.82, 2.24) is 9.80 Å². The van der Waals surface area contributed by atoms with Gasteiger partial charge >= 0.3 is 0 Å². The molecule has 3 fully saturated rings. The second kappa shape index (κ2) is 6.53. The van der Waals surface area contributed by atoms with Crippen molar-refractivity contribution >= 4 is 0 Å². The Morgan fingerprint density at radius 3 is 2.58 bits per heavy atom. The third kappa shape index (κ3) is 2.82. The van der Waals surface area contributed by atoms with E-state index < -0.39 is 0 Å². The van der Waals surface area contributed by atoms with Crippen molar-refractivity contribution in [2.45, 2.75) is 51.4 Å². The second-order valence-corrected chi connectivity index (χ2v) is 5.66. The fourth-order valence-corrected chi connectivity index (χ4v) is 3.71. The summed E-state index contributed by atoms with van der Waals surface area (Å²) in [5.41, 5.74) is 0.151. The number of hydrogen-bond acceptors (Lipinski definition) is 4. The molecule has 0 saturated carbocycles. The van der Waals surface area contributed by atoms with E-state index >= 15 is 0 Å². The Labute approximate surface area is 118 Å². The molecule has 2 unspecified atom stereocenters. The highest BCUT2D eigenvalue weighted by molar-refractivity contribution is 5.09. The molecule has 4 heteroatoms. The van der Waals surface area contributed by atoms with Gasteiger partial charge < -0.3 is 9.47 Å². The number of likely N-dealkylation sites (tertiary alicyclic amines) is 2. The molecule has 3 rings (SSSR count). The van der Waals surface area contributed by atoms with Gasteiger partial charge in [0.05, 0.1) is 6.10 Å². The van der Waals surface area contributed by atoms with E-state index in [4.69, 9.17) is 9.47 Å². The van der Waals surface area contributed by atoms with Crippen molar-refractivity contribution in [2.24, 2.45) is 0 Å². The number of hydrogen-bond donors (Lipinski definition) is 0. The predicted octanol–water partition coefficient (Wildman–Crippen LogP) is 1.60. The van der Waals surface area contributed by atoms with Crippen LogP contribution in [0.5, 0.6) is 0 Å². The largest absolute Gasteiger partial charge is 0.380 e. The first-order chi connectivity index (χ1) is 9.27. The van der Waals surface area contributed by atoms with Crippen molar-refractivity contribution < 1.29 is 9.47 Å². The van der Waals surface area contributed by atoms with Crippen LogP contribution >= 0.6 is 0 Å². The number of rotatable bonds is 3. The van der Waals surface area contributed by atoms with Crippen molar-refractivity contribution in [3.8, 4) is 0 Å². The Morgan fingerprint density at radius 1 is 1.26 bits per heavy atom. The van der Waals surface area contributed by atoms with Crippen LogP contribution in [0.15, 0.2) is 0 Å². The molecule has 4 nitrogen and oxygen atoms in total. The van der Waals surface area contributed by atoms with E-state index in [1.807, 2.05) is 21.0 Å². The lowest BCUT2D eigenvalue weighted by molar-refractivity contribution is -0.137. The molecule has 0 aliphatic carbocycles. The van der Waals surface area contributed by atoms with Gasteiger partial charge in [-0.05, 0) is 19.4 Å². The van der Waals surface area contributed by atoms with Crippen LogP contribution in [0.1, 0.15) is 33.6 Å². The molecule has 2 atom stereocenters. The maximum atomic E-state index is 6.08. The Balaban J connectivity index is 0.000000637. The van der Waals surface area contributed by atoms with Gasteiger partial charge in [-0.3, -0.25) is 9.80 Å². The molecular weight excluding hydrogens is 240 g/mol. The van der Waals surface area contributed by atoms with Gasteiger partial charge in [0.15, 0.2) is 0 Å². The van der Waals surface area contributed by atoms with Crippen molar-refractivity contribution in [3.63, 3.8) is 0 Å².